The first kappa shape index (κ1) is 12.3. The zero-order chi connectivity index (χ0) is 33.5. The van der Waals surface area contributed by atoms with Gasteiger partial charge in [-0.1, -0.05) is 115 Å². The molecule has 0 aliphatic heterocycles. The summed E-state index contributed by atoms with van der Waals surface area (Å²) < 4.78 is 97.4. The molecule has 6 aromatic carbocycles. The lowest BCUT2D eigenvalue weighted by Gasteiger charge is -2.19. The second-order valence-electron chi connectivity index (χ2n) is 8.43. The molecule has 2 nitrogen and oxygen atoms in total. The van der Waals surface area contributed by atoms with Gasteiger partial charge >= 0.3 is 0 Å². The Bertz CT molecular complexity index is 2330. The Balaban J connectivity index is 1.78. The van der Waals surface area contributed by atoms with Crippen LogP contribution in [0.2, 0.25) is 0 Å². The third-order valence-electron chi connectivity index (χ3n) is 6.41. The molecular weight excluding hydrogens is 436 g/mol. The first-order valence-corrected chi connectivity index (χ1v) is 11.4. The van der Waals surface area contributed by atoms with E-state index in [4.69, 9.17) is 15.1 Å². The van der Waals surface area contributed by atoms with Crippen molar-refractivity contribution in [2.75, 3.05) is 0 Å². The molecular formula is C34H24N2. The summed E-state index contributed by atoms with van der Waals surface area (Å²) >= 11 is 0. The molecule has 1 heterocycles. The SMILES string of the molecule is [2H]c1c([2H])c([2H])c2c(-n3c(C([2H])([2H])[2H])nc4ccccc43)c3c([2H])c([2H])c([2H])c([2H])c3c(-c3ccc(-c4ccccc4)cc3)c2c1[2H]. The molecule has 1 aromatic heterocycles. The molecule has 0 spiro atoms. The van der Waals surface area contributed by atoms with Gasteiger partial charge in [0, 0.05) is 14.9 Å². The van der Waals surface area contributed by atoms with E-state index in [1.54, 1.807) is 36.4 Å². The number of imidazole rings is 1. The van der Waals surface area contributed by atoms with Crippen molar-refractivity contribution in [1.29, 1.82) is 0 Å². The number of fused-ring (bicyclic) bond motifs is 3. The Morgan fingerprint density at radius 1 is 0.611 bits per heavy atom. The summed E-state index contributed by atoms with van der Waals surface area (Å²) in [7, 11) is 0. The summed E-state index contributed by atoms with van der Waals surface area (Å²) in [6.45, 7) is -2.81. The lowest BCUT2D eigenvalue weighted by molar-refractivity contribution is 1.02. The Morgan fingerprint density at radius 2 is 1.17 bits per heavy atom. The fourth-order valence-corrected chi connectivity index (χ4v) is 4.83. The smallest absolute Gasteiger partial charge is 0.111 e. The molecule has 0 fully saturated rings. The third-order valence-corrected chi connectivity index (χ3v) is 6.41. The van der Waals surface area contributed by atoms with E-state index >= 15 is 0 Å². The molecule has 7 aromatic rings. The molecule has 0 amide bonds. The summed E-state index contributed by atoms with van der Waals surface area (Å²) in [5.74, 6) is -0.416. The van der Waals surface area contributed by atoms with E-state index in [9.17, 15) is 0 Å². The predicted octanol–water partition coefficient (Wildman–Crippen LogP) is 8.97. The molecule has 0 unspecified atom stereocenters. The Hall–Kier alpha value is -4.69. The lowest BCUT2D eigenvalue weighted by atomic mass is 9.89. The molecule has 0 atom stereocenters. The molecule has 0 N–H and O–H groups in total. The zero-order valence-corrected chi connectivity index (χ0v) is 18.9. The van der Waals surface area contributed by atoms with E-state index in [0.29, 0.717) is 16.6 Å². The molecule has 0 aliphatic carbocycles. The van der Waals surface area contributed by atoms with Crippen LogP contribution in [0.15, 0.2) is 127 Å². The van der Waals surface area contributed by atoms with Gasteiger partial charge in [-0.2, -0.15) is 0 Å². The van der Waals surface area contributed by atoms with Crippen molar-refractivity contribution in [1.82, 2.24) is 9.55 Å². The molecule has 0 aliphatic rings. The lowest BCUT2D eigenvalue weighted by Crippen LogP contribution is -2.01. The number of benzene rings is 6. The van der Waals surface area contributed by atoms with Crippen molar-refractivity contribution < 1.29 is 15.1 Å². The van der Waals surface area contributed by atoms with E-state index in [-0.39, 0.29) is 32.8 Å². The van der Waals surface area contributed by atoms with Gasteiger partial charge in [0.05, 0.1) is 27.7 Å². The number of aromatic nitrogens is 2. The molecule has 7 rings (SSSR count). The van der Waals surface area contributed by atoms with E-state index in [0.717, 1.165) is 11.1 Å². The number of nitrogens with zero attached hydrogens (tertiary/aromatic N) is 2. The van der Waals surface area contributed by atoms with Gasteiger partial charge in [0.15, 0.2) is 0 Å². The number of rotatable bonds is 3. The number of hydrogen-bond acceptors (Lipinski definition) is 1. The molecule has 36 heavy (non-hydrogen) atoms. The number of hydrogen-bond donors (Lipinski definition) is 0. The summed E-state index contributed by atoms with van der Waals surface area (Å²) in [5, 5.41) is -0.204. The van der Waals surface area contributed by atoms with Crippen LogP contribution >= 0.6 is 0 Å². The summed E-state index contributed by atoms with van der Waals surface area (Å²) in [6, 6.07) is 19.3. The Morgan fingerprint density at radius 3 is 1.83 bits per heavy atom. The van der Waals surface area contributed by atoms with Crippen molar-refractivity contribution in [3.63, 3.8) is 0 Å². The minimum absolute atomic E-state index is 0.00901. The largest absolute Gasteiger partial charge is 0.295 e. The third kappa shape index (κ3) is 3.15. The van der Waals surface area contributed by atoms with Gasteiger partial charge in [0.25, 0.3) is 0 Å². The van der Waals surface area contributed by atoms with E-state index in [1.165, 1.54) is 4.57 Å². The van der Waals surface area contributed by atoms with Crippen LogP contribution in [-0.4, -0.2) is 9.55 Å². The highest BCUT2D eigenvalue weighted by Crippen LogP contribution is 2.42. The van der Waals surface area contributed by atoms with Crippen LogP contribution in [0.3, 0.4) is 0 Å². The number of aryl methyl sites for hydroxylation is 1. The van der Waals surface area contributed by atoms with E-state index in [2.05, 4.69) is 4.98 Å². The summed E-state index contributed by atoms with van der Waals surface area (Å²) in [5.41, 5.74) is 2.92. The van der Waals surface area contributed by atoms with Gasteiger partial charge in [0.2, 0.25) is 0 Å². The fraction of sp³-hybridized carbons (Fsp3) is 0.0294. The van der Waals surface area contributed by atoms with Crippen LogP contribution in [0.1, 0.15) is 20.9 Å². The molecule has 2 heteroatoms. The van der Waals surface area contributed by atoms with E-state index < -0.39 is 61.0 Å². The Kier molecular flexibility index (Phi) is 2.81. The molecule has 0 radical (unpaired) electrons. The Labute approximate surface area is 225 Å². The van der Waals surface area contributed by atoms with Gasteiger partial charge in [-0.3, -0.25) is 4.57 Å². The maximum absolute atomic E-state index is 9.15. The number of para-hydroxylation sites is 2. The van der Waals surface area contributed by atoms with Gasteiger partial charge in [-0.15, -0.1) is 0 Å². The standard InChI is InChI=1S/C34H24N2/c1-23-35-31-17-9-10-18-32(31)36(23)34-29-15-7-5-13-27(29)33(28-14-6-8-16-30(28)34)26-21-19-25(20-22-26)24-11-3-2-4-12-24/h2-22H,1H3/i1D3,5D,6D,7D,8D,13D,14D,15D,16D. The maximum atomic E-state index is 9.15. The van der Waals surface area contributed by atoms with Gasteiger partial charge < -0.3 is 0 Å². The van der Waals surface area contributed by atoms with E-state index in [1.807, 2.05) is 42.5 Å². The van der Waals surface area contributed by atoms with Crippen LogP contribution < -0.4 is 0 Å². The van der Waals surface area contributed by atoms with Gasteiger partial charge in [-0.25, -0.2) is 4.98 Å². The van der Waals surface area contributed by atoms with Crippen molar-refractivity contribution in [2.45, 2.75) is 6.85 Å². The fourth-order valence-electron chi connectivity index (χ4n) is 4.83. The molecule has 0 saturated heterocycles. The van der Waals surface area contributed by atoms with Crippen molar-refractivity contribution in [2.24, 2.45) is 0 Å². The van der Waals surface area contributed by atoms with Crippen LogP contribution in [0.4, 0.5) is 0 Å². The molecule has 0 bridgehead atoms. The zero-order valence-electron chi connectivity index (χ0n) is 29.9. The van der Waals surface area contributed by atoms with Crippen LogP contribution in [0.5, 0.6) is 0 Å². The highest BCUT2D eigenvalue weighted by Gasteiger charge is 2.19. The van der Waals surface area contributed by atoms with Crippen LogP contribution in [-0.2, 0) is 0 Å². The highest BCUT2D eigenvalue weighted by atomic mass is 15.1. The van der Waals surface area contributed by atoms with Crippen LogP contribution in [0.25, 0.3) is 60.5 Å². The maximum Gasteiger partial charge on any atom is 0.111 e. The normalized spacial score (nSPS) is 16.2. The summed E-state index contributed by atoms with van der Waals surface area (Å²) in [4.78, 5) is 4.39. The minimum Gasteiger partial charge on any atom is -0.295 e. The topological polar surface area (TPSA) is 17.8 Å². The molecule has 170 valence electrons. The quantitative estimate of drug-likeness (QED) is 0.235. The summed E-state index contributed by atoms with van der Waals surface area (Å²) in [6.07, 6.45) is 0. The van der Waals surface area contributed by atoms with Crippen molar-refractivity contribution in [3.05, 3.63) is 133 Å². The second-order valence-corrected chi connectivity index (χ2v) is 8.43. The van der Waals surface area contributed by atoms with Crippen molar-refractivity contribution in [3.8, 4) is 27.9 Å². The minimum atomic E-state index is -2.81. The van der Waals surface area contributed by atoms with Crippen molar-refractivity contribution >= 4 is 32.6 Å². The van der Waals surface area contributed by atoms with Gasteiger partial charge in [-0.05, 0) is 52.0 Å². The molecule has 0 saturated carbocycles. The average molecular weight is 472 g/mol. The first-order chi connectivity index (χ1) is 22.3. The van der Waals surface area contributed by atoms with Gasteiger partial charge in [0.1, 0.15) is 5.82 Å². The predicted molar refractivity (Wildman–Crippen MR) is 152 cm³/mol. The highest BCUT2D eigenvalue weighted by molar-refractivity contribution is 6.18. The monoisotopic (exact) mass is 471 g/mol. The second kappa shape index (κ2) is 8.21. The first-order valence-electron chi connectivity index (χ1n) is 16.9. The van der Waals surface area contributed by atoms with Crippen LogP contribution in [0, 0.1) is 6.85 Å². The average Bonchev–Trinajstić information content (AvgIpc) is 3.47.